The summed E-state index contributed by atoms with van der Waals surface area (Å²) in [5, 5.41) is 8.63. The monoisotopic (exact) mass is 339 g/mol. The number of rotatable bonds is 6. The van der Waals surface area contributed by atoms with Crippen molar-refractivity contribution in [1.29, 1.82) is 0 Å². The standard InChI is InChI=1S/C12H15Cl2NO4S/c1-3-7(2)6-15-20(18,19)10-5-8(13)4-9(11(10)14)12(16)17/h4-5,7,15H,3,6H2,1-2H3,(H,16,17). The fourth-order valence-corrected chi connectivity index (χ4v) is 3.45. The number of carbonyl (C=O) groups is 1. The van der Waals surface area contributed by atoms with Crippen molar-refractivity contribution in [1.82, 2.24) is 4.72 Å². The number of hydrogen-bond donors (Lipinski definition) is 2. The molecule has 1 rings (SSSR count). The lowest BCUT2D eigenvalue weighted by molar-refractivity contribution is 0.0697. The van der Waals surface area contributed by atoms with E-state index in [1.54, 1.807) is 0 Å². The van der Waals surface area contributed by atoms with Crippen LogP contribution >= 0.6 is 23.2 Å². The van der Waals surface area contributed by atoms with Gasteiger partial charge in [-0.1, -0.05) is 43.5 Å². The zero-order valence-electron chi connectivity index (χ0n) is 11.0. The molecule has 0 aliphatic carbocycles. The molecule has 1 unspecified atom stereocenters. The molecule has 2 N–H and O–H groups in total. The Bertz CT molecular complexity index is 616. The van der Waals surface area contributed by atoms with E-state index in [2.05, 4.69) is 4.72 Å². The number of sulfonamides is 1. The molecule has 0 aromatic heterocycles. The Hall–Kier alpha value is -0.820. The van der Waals surface area contributed by atoms with Crippen LogP contribution in [0.5, 0.6) is 0 Å². The van der Waals surface area contributed by atoms with Crippen molar-refractivity contribution < 1.29 is 18.3 Å². The van der Waals surface area contributed by atoms with Gasteiger partial charge in [-0.05, 0) is 18.1 Å². The maximum atomic E-state index is 12.2. The van der Waals surface area contributed by atoms with Gasteiger partial charge in [0.15, 0.2) is 0 Å². The van der Waals surface area contributed by atoms with Crippen molar-refractivity contribution >= 4 is 39.2 Å². The predicted octanol–water partition coefficient (Wildman–Crippen LogP) is 3.02. The van der Waals surface area contributed by atoms with Crippen molar-refractivity contribution in [3.8, 4) is 0 Å². The second-order valence-electron chi connectivity index (χ2n) is 4.44. The average molecular weight is 340 g/mol. The van der Waals surface area contributed by atoms with Gasteiger partial charge in [0.05, 0.1) is 10.6 Å². The highest BCUT2D eigenvalue weighted by Crippen LogP contribution is 2.29. The van der Waals surface area contributed by atoms with E-state index in [0.717, 1.165) is 18.6 Å². The van der Waals surface area contributed by atoms with Crippen LogP contribution < -0.4 is 4.72 Å². The van der Waals surface area contributed by atoms with Crippen LogP contribution in [-0.2, 0) is 10.0 Å². The maximum Gasteiger partial charge on any atom is 0.337 e. The smallest absolute Gasteiger partial charge is 0.337 e. The molecule has 0 aliphatic heterocycles. The van der Waals surface area contributed by atoms with E-state index < -0.39 is 16.0 Å². The van der Waals surface area contributed by atoms with Crippen LogP contribution in [0.1, 0.15) is 30.6 Å². The highest BCUT2D eigenvalue weighted by Gasteiger charge is 2.23. The highest BCUT2D eigenvalue weighted by molar-refractivity contribution is 7.89. The van der Waals surface area contributed by atoms with E-state index in [1.165, 1.54) is 0 Å². The number of carboxylic acid groups (broad SMARTS) is 1. The van der Waals surface area contributed by atoms with Gasteiger partial charge < -0.3 is 5.11 Å². The number of nitrogens with one attached hydrogen (secondary N) is 1. The molecule has 1 aromatic rings. The highest BCUT2D eigenvalue weighted by atomic mass is 35.5. The quantitative estimate of drug-likeness (QED) is 0.834. The number of halogens is 2. The Kier molecular flexibility index (Phi) is 5.82. The Balaban J connectivity index is 3.21. The third-order valence-corrected chi connectivity index (χ3v) is 5.03. The van der Waals surface area contributed by atoms with Gasteiger partial charge in [-0.15, -0.1) is 0 Å². The first-order valence-corrected chi connectivity index (χ1v) is 8.15. The summed E-state index contributed by atoms with van der Waals surface area (Å²) in [7, 11) is -3.90. The lowest BCUT2D eigenvalue weighted by Gasteiger charge is -2.13. The van der Waals surface area contributed by atoms with Crippen LogP contribution in [0.3, 0.4) is 0 Å². The first-order valence-electron chi connectivity index (χ1n) is 5.91. The summed E-state index contributed by atoms with van der Waals surface area (Å²) in [5.74, 6) is -1.18. The van der Waals surface area contributed by atoms with E-state index in [1.807, 2.05) is 13.8 Å². The summed E-state index contributed by atoms with van der Waals surface area (Å²) in [6.45, 7) is 4.07. The summed E-state index contributed by atoms with van der Waals surface area (Å²) in [6.07, 6.45) is 0.812. The largest absolute Gasteiger partial charge is 0.478 e. The van der Waals surface area contributed by atoms with Crippen molar-refractivity contribution in [2.75, 3.05) is 6.54 Å². The van der Waals surface area contributed by atoms with Crippen molar-refractivity contribution in [3.05, 3.63) is 27.7 Å². The summed E-state index contributed by atoms with van der Waals surface area (Å²) in [5.41, 5.74) is -0.344. The Morgan fingerprint density at radius 3 is 2.50 bits per heavy atom. The number of benzene rings is 1. The molecular weight excluding hydrogens is 325 g/mol. The van der Waals surface area contributed by atoms with E-state index in [-0.39, 0.29) is 33.0 Å². The van der Waals surface area contributed by atoms with Gasteiger partial charge in [-0.25, -0.2) is 17.9 Å². The van der Waals surface area contributed by atoms with Gasteiger partial charge in [-0.3, -0.25) is 0 Å². The molecule has 0 spiro atoms. The zero-order chi connectivity index (χ0) is 15.5. The fraction of sp³-hybridized carbons (Fsp3) is 0.417. The van der Waals surface area contributed by atoms with Crippen LogP contribution in [0.2, 0.25) is 10.0 Å². The molecule has 0 heterocycles. The average Bonchev–Trinajstić information content (AvgIpc) is 2.37. The Morgan fingerprint density at radius 2 is 2.00 bits per heavy atom. The third-order valence-electron chi connectivity index (χ3n) is 2.84. The van der Waals surface area contributed by atoms with Gasteiger partial charge in [0, 0.05) is 11.6 Å². The van der Waals surface area contributed by atoms with Gasteiger partial charge >= 0.3 is 5.97 Å². The SMILES string of the molecule is CCC(C)CNS(=O)(=O)c1cc(Cl)cc(C(=O)O)c1Cl. The molecule has 5 nitrogen and oxygen atoms in total. The summed E-state index contributed by atoms with van der Waals surface area (Å²) >= 11 is 11.6. The third kappa shape index (κ3) is 4.09. The van der Waals surface area contributed by atoms with Crippen LogP contribution in [0.4, 0.5) is 0 Å². The molecule has 0 fully saturated rings. The zero-order valence-corrected chi connectivity index (χ0v) is 13.3. The number of aromatic carboxylic acids is 1. The second kappa shape index (κ2) is 6.76. The maximum absolute atomic E-state index is 12.2. The minimum Gasteiger partial charge on any atom is -0.478 e. The molecule has 0 bridgehead atoms. The molecular formula is C12H15Cl2NO4S. The van der Waals surface area contributed by atoms with Crippen LogP contribution in [-0.4, -0.2) is 26.0 Å². The van der Waals surface area contributed by atoms with Gasteiger partial charge in [0.1, 0.15) is 4.90 Å². The van der Waals surface area contributed by atoms with E-state index in [0.29, 0.717) is 0 Å². The predicted molar refractivity (Wildman–Crippen MR) is 78.1 cm³/mol. The molecule has 0 amide bonds. The first kappa shape index (κ1) is 17.2. The first-order chi connectivity index (χ1) is 9.19. The van der Waals surface area contributed by atoms with E-state index >= 15 is 0 Å². The molecule has 0 aliphatic rings. The normalized spacial score (nSPS) is 13.2. The lowest BCUT2D eigenvalue weighted by atomic mass is 10.1. The van der Waals surface area contributed by atoms with Crippen LogP contribution in [0.15, 0.2) is 17.0 Å². The summed E-state index contributed by atoms with van der Waals surface area (Å²) in [6, 6.07) is 2.25. The topological polar surface area (TPSA) is 83.5 Å². The summed E-state index contributed by atoms with van der Waals surface area (Å²) in [4.78, 5) is 10.7. The van der Waals surface area contributed by atoms with E-state index in [9.17, 15) is 13.2 Å². The van der Waals surface area contributed by atoms with Crippen LogP contribution in [0.25, 0.3) is 0 Å². The molecule has 20 heavy (non-hydrogen) atoms. The molecule has 0 saturated carbocycles. The molecule has 0 saturated heterocycles. The van der Waals surface area contributed by atoms with Crippen molar-refractivity contribution in [2.24, 2.45) is 5.92 Å². The van der Waals surface area contributed by atoms with E-state index in [4.69, 9.17) is 28.3 Å². The van der Waals surface area contributed by atoms with Gasteiger partial charge in [0.25, 0.3) is 0 Å². The summed E-state index contributed by atoms with van der Waals surface area (Å²) < 4.78 is 26.7. The Morgan fingerprint density at radius 1 is 1.40 bits per heavy atom. The molecule has 8 heteroatoms. The molecule has 0 radical (unpaired) electrons. The Labute approximate surface area is 127 Å². The van der Waals surface area contributed by atoms with Crippen LogP contribution in [0, 0.1) is 5.92 Å². The number of carboxylic acids is 1. The molecule has 112 valence electrons. The minimum atomic E-state index is -3.90. The van der Waals surface area contributed by atoms with Crippen molar-refractivity contribution in [3.63, 3.8) is 0 Å². The molecule has 1 aromatic carbocycles. The lowest BCUT2D eigenvalue weighted by Crippen LogP contribution is -2.28. The van der Waals surface area contributed by atoms with Gasteiger partial charge in [-0.2, -0.15) is 0 Å². The van der Waals surface area contributed by atoms with Crippen molar-refractivity contribution in [2.45, 2.75) is 25.2 Å². The van der Waals surface area contributed by atoms with Gasteiger partial charge in [0.2, 0.25) is 10.0 Å². The second-order valence-corrected chi connectivity index (χ2v) is 6.99. The number of hydrogen-bond acceptors (Lipinski definition) is 3. The fourth-order valence-electron chi connectivity index (χ4n) is 1.39. The molecule has 1 atom stereocenters. The minimum absolute atomic E-state index is 0.00397.